The lowest BCUT2D eigenvalue weighted by atomic mass is 9.84. The first-order chi connectivity index (χ1) is 8.15. The zero-order valence-electron chi connectivity index (χ0n) is 9.20. The summed E-state index contributed by atoms with van der Waals surface area (Å²) in [7, 11) is 0.517. The van der Waals surface area contributed by atoms with Gasteiger partial charge in [-0.05, 0) is 7.05 Å². The highest BCUT2D eigenvalue weighted by Crippen LogP contribution is 1.99. The van der Waals surface area contributed by atoms with Crippen molar-refractivity contribution in [1.29, 1.82) is 0 Å². The van der Waals surface area contributed by atoms with Crippen LogP contribution in [0.1, 0.15) is 0 Å². The van der Waals surface area contributed by atoms with Crippen LogP contribution in [-0.4, -0.2) is 54.1 Å². The number of rotatable bonds is 1. The molecule has 1 aliphatic rings. The van der Waals surface area contributed by atoms with E-state index in [1.807, 2.05) is 0 Å². The zero-order chi connectivity index (χ0) is 12.3. The first kappa shape index (κ1) is 11.5. The van der Waals surface area contributed by atoms with Crippen molar-refractivity contribution in [3.05, 3.63) is 18.6 Å². The van der Waals surface area contributed by atoms with E-state index in [1.54, 1.807) is 7.05 Å². The number of likely N-dealkylation sites (N-methyl/N-ethyl adjacent to an activating group) is 1. The van der Waals surface area contributed by atoms with Gasteiger partial charge < -0.3 is 9.31 Å². The third-order valence-electron chi connectivity index (χ3n) is 2.10. The van der Waals surface area contributed by atoms with Crippen molar-refractivity contribution in [3.8, 4) is 0 Å². The number of aromatic nitrogens is 2. The minimum Gasteiger partial charge on any atom is -0.493 e. The van der Waals surface area contributed by atoms with E-state index in [-0.39, 0.29) is 13.1 Å². The van der Waals surface area contributed by atoms with Gasteiger partial charge in [0, 0.05) is 18.6 Å². The molecule has 0 atom stereocenters. The van der Waals surface area contributed by atoms with Gasteiger partial charge in [-0.25, -0.2) is 0 Å². The van der Waals surface area contributed by atoms with Gasteiger partial charge in [-0.3, -0.25) is 24.5 Å². The Kier molecular flexibility index (Phi) is 3.33. The molecule has 1 saturated heterocycles. The zero-order valence-corrected chi connectivity index (χ0v) is 9.20. The smallest absolute Gasteiger partial charge is 0.493 e. The van der Waals surface area contributed by atoms with E-state index in [9.17, 15) is 9.59 Å². The SMILES string of the molecule is CN1CC(=O)OB(c2cnccn2)OC(=O)C1. The Hall–Kier alpha value is -1.96. The fourth-order valence-electron chi connectivity index (χ4n) is 1.39. The molecule has 0 N–H and O–H groups in total. The van der Waals surface area contributed by atoms with Crippen LogP contribution in [0.4, 0.5) is 0 Å². The number of carbonyl (C=O) groups is 2. The van der Waals surface area contributed by atoms with Gasteiger partial charge in [0.25, 0.3) is 0 Å². The molecule has 0 saturated carbocycles. The molecule has 0 aliphatic carbocycles. The van der Waals surface area contributed by atoms with Crippen LogP contribution in [0.15, 0.2) is 18.6 Å². The second kappa shape index (κ2) is 4.92. The summed E-state index contributed by atoms with van der Waals surface area (Å²) in [6, 6.07) is 0. The first-order valence-corrected chi connectivity index (χ1v) is 4.98. The molecule has 88 valence electrons. The quantitative estimate of drug-likeness (QED) is 0.531. The Labute approximate surface area is 97.9 Å². The second-order valence-electron chi connectivity index (χ2n) is 3.61. The van der Waals surface area contributed by atoms with Crippen LogP contribution in [0.25, 0.3) is 0 Å². The topological polar surface area (TPSA) is 81.6 Å². The van der Waals surface area contributed by atoms with Crippen molar-refractivity contribution in [1.82, 2.24) is 14.9 Å². The molecule has 1 aromatic rings. The minimum absolute atomic E-state index is 0.0336. The monoisotopic (exact) mass is 235 g/mol. The molecular formula is C9H10BN3O4. The molecule has 0 bridgehead atoms. The molecule has 0 aromatic carbocycles. The molecule has 2 heterocycles. The fourth-order valence-corrected chi connectivity index (χ4v) is 1.39. The van der Waals surface area contributed by atoms with Crippen LogP contribution in [0.5, 0.6) is 0 Å². The van der Waals surface area contributed by atoms with Gasteiger partial charge in [0.1, 0.15) is 5.59 Å². The van der Waals surface area contributed by atoms with Crippen molar-refractivity contribution < 1.29 is 18.9 Å². The molecule has 8 heteroatoms. The molecular weight excluding hydrogens is 225 g/mol. The maximum absolute atomic E-state index is 11.4. The molecule has 2 rings (SSSR count). The van der Waals surface area contributed by atoms with Gasteiger partial charge in [0.05, 0.1) is 13.1 Å². The summed E-state index contributed by atoms with van der Waals surface area (Å²) in [6.45, 7) is 0.0672. The maximum atomic E-state index is 11.4. The summed E-state index contributed by atoms with van der Waals surface area (Å²) in [4.78, 5) is 32.1. The Morgan fingerprint density at radius 1 is 1.24 bits per heavy atom. The fraction of sp³-hybridized carbons (Fsp3) is 0.333. The molecule has 0 spiro atoms. The highest BCUT2D eigenvalue weighted by molar-refractivity contribution is 6.63. The number of carbonyl (C=O) groups excluding carboxylic acids is 2. The standard InChI is InChI=1S/C9H10BN3O4/c1-13-5-8(14)16-10(17-9(15)6-13)7-4-11-2-3-12-7/h2-4H,5-6H2,1H3. The minimum atomic E-state index is -1.11. The summed E-state index contributed by atoms with van der Waals surface area (Å²) < 4.78 is 9.98. The third-order valence-corrected chi connectivity index (χ3v) is 2.10. The van der Waals surface area contributed by atoms with Crippen LogP contribution in [0.3, 0.4) is 0 Å². The lowest BCUT2D eigenvalue weighted by molar-refractivity contribution is -0.145. The van der Waals surface area contributed by atoms with Crippen LogP contribution in [0, 0.1) is 0 Å². The highest BCUT2D eigenvalue weighted by Gasteiger charge is 2.35. The van der Waals surface area contributed by atoms with Crippen molar-refractivity contribution in [3.63, 3.8) is 0 Å². The molecule has 1 fully saturated rings. The molecule has 17 heavy (non-hydrogen) atoms. The number of hydrogen-bond acceptors (Lipinski definition) is 7. The van der Waals surface area contributed by atoms with Crippen LogP contribution < -0.4 is 5.59 Å². The Balaban J connectivity index is 2.17. The van der Waals surface area contributed by atoms with Crippen LogP contribution in [0.2, 0.25) is 0 Å². The third kappa shape index (κ3) is 3.00. The Morgan fingerprint density at radius 3 is 2.41 bits per heavy atom. The molecule has 7 nitrogen and oxygen atoms in total. The Bertz CT molecular complexity index is 408. The predicted octanol–water partition coefficient (Wildman–Crippen LogP) is -1.80. The van der Waals surface area contributed by atoms with Crippen LogP contribution in [-0.2, 0) is 18.9 Å². The number of nitrogens with zero attached hydrogens (tertiary/aromatic N) is 3. The lowest BCUT2D eigenvalue weighted by Gasteiger charge is -2.21. The van der Waals surface area contributed by atoms with Gasteiger partial charge >= 0.3 is 19.1 Å². The van der Waals surface area contributed by atoms with Crippen LogP contribution >= 0.6 is 0 Å². The summed E-state index contributed by atoms with van der Waals surface area (Å²) in [5.74, 6) is -0.952. The maximum Gasteiger partial charge on any atom is 0.657 e. The molecule has 0 amide bonds. The van der Waals surface area contributed by atoms with Gasteiger partial charge in [-0.15, -0.1) is 0 Å². The summed E-state index contributed by atoms with van der Waals surface area (Å²) in [5.41, 5.74) is 0.291. The average Bonchev–Trinajstić information content (AvgIpc) is 2.27. The lowest BCUT2D eigenvalue weighted by Crippen LogP contribution is -2.48. The second-order valence-corrected chi connectivity index (χ2v) is 3.61. The summed E-state index contributed by atoms with van der Waals surface area (Å²) in [6.07, 6.45) is 4.29. The van der Waals surface area contributed by atoms with Crippen molar-refractivity contribution in [2.24, 2.45) is 0 Å². The largest absolute Gasteiger partial charge is 0.657 e. The molecule has 0 unspecified atom stereocenters. The van der Waals surface area contributed by atoms with E-state index in [0.29, 0.717) is 5.59 Å². The first-order valence-electron chi connectivity index (χ1n) is 4.98. The normalized spacial score (nSPS) is 18.1. The van der Waals surface area contributed by atoms with Crippen molar-refractivity contribution >= 4 is 24.7 Å². The van der Waals surface area contributed by atoms with Gasteiger partial charge in [-0.1, -0.05) is 0 Å². The van der Waals surface area contributed by atoms with Gasteiger partial charge in [0.15, 0.2) is 0 Å². The summed E-state index contributed by atoms with van der Waals surface area (Å²) in [5, 5.41) is 0. The highest BCUT2D eigenvalue weighted by atomic mass is 16.6. The van der Waals surface area contributed by atoms with E-state index in [1.165, 1.54) is 23.5 Å². The van der Waals surface area contributed by atoms with E-state index in [2.05, 4.69) is 9.97 Å². The average molecular weight is 235 g/mol. The van der Waals surface area contributed by atoms with E-state index in [0.717, 1.165) is 0 Å². The summed E-state index contributed by atoms with van der Waals surface area (Å²) >= 11 is 0. The van der Waals surface area contributed by atoms with E-state index >= 15 is 0 Å². The van der Waals surface area contributed by atoms with Crippen molar-refractivity contribution in [2.45, 2.75) is 0 Å². The number of hydrogen-bond donors (Lipinski definition) is 0. The Morgan fingerprint density at radius 2 is 1.88 bits per heavy atom. The van der Waals surface area contributed by atoms with Crippen molar-refractivity contribution in [2.75, 3.05) is 20.1 Å². The molecule has 1 aromatic heterocycles. The van der Waals surface area contributed by atoms with Gasteiger partial charge in [-0.2, -0.15) is 0 Å². The predicted molar refractivity (Wildman–Crippen MR) is 57.1 cm³/mol. The van der Waals surface area contributed by atoms with E-state index < -0.39 is 19.1 Å². The van der Waals surface area contributed by atoms with E-state index in [4.69, 9.17) is 9.31 Å². The van der Waals surface area contributed by atoms with Gasteiger partial charge in [0.2, 0.25) is 0 Å². The molecule has 1 aliphatic heterocycles. The molecule has 0 radical (unpaired) electrons.